The SMILES string of the molecule is Oc1cc(-c2ccc(Cl)cc2Cl)n[nH]1. The van der Waals surface area contributed by atoms with Crippen LogP contribution in [0.4, 0.5) is 0 Å². The first-order valence-corrected chi connectivity index (χ1v) is 4.62. The number of aromatic nitrogens is 2. The van der Waals surface area contributed by atoms with Crippen LogP contribution in [0.25, 0.3) is 11.3 Å². The summed E-state index contributed by atoms with van der Waals surface area (Å²) < 4.78 is 0. The van der Waals surface area contributed by atoms with Crippen molar-refractivity contribution in [3.63, 3.8) is 0 Å². The number of hydrogen-bond donors (Lipinski definition) is 2. The van der Waals surface area contributed by atoms with E-state index < -0.39 is 0 Å². The van der Waals surface area contributed by atoms with E-state index >= 15 is 0 Å². The first kappa shape index (κ1) is 9.37. The normalized spacial score (nSPS) is 10.4. The van der Waals surface area contributed by atoms with Gasteiger partial charge in [0, 0.05) is 16.7 Å². The summed E-state index contributed by atoms with van der Waals surface area (Å²) in [5.41, 5.74) is 1.32. The number of aromatic hydroxyl groups is 1. The molecule has 0 fully saturated rings. The molecule has 5 heteroatoms. The Bertz CT molecular complexity index is 468. The molecule has 0 aliphatic heterocycles. The van der Waals surface area contributed by atoms with Crippen molar-refractivity contribution in [1.29, 1.82) is 0 Å². The molecule has 0 saturated carbocycles. The molecule has 0 spiro atoms. The Kier molecular flexibility index (Phi) is 2.35. The van der Waals surface area contributed by atoms with Crippen molar-refractivity contribution in [3.8, 4) is 17.1 Å². The first-order chi connectivity index (χ1) is 6.66. The number of nitrogens with zero attached hydrogens (tertiary/aromatic N) is 1. The van der Waals surface area contributed by atoms with Gasteiger partial charge in [-0.3, -0.25) is 0 Å². The molecule has 1 aromatic carbocycles. The van der Waals surface area contributed by atoms with Gasteiger partial charge in [0.15, 0.2) is 0 Å². The van der Waals surface area contributed by atoms with E-state index in [-0.39, 0.29) is 5.88 Å². The summed E-state index contributed by atoms with van der Waals surface area (Å²) in [6.07, 6.45) is 0. The van der Waals surface area contributed by atoms with Crippen LogP contribution in [0.3, 0.4) is 0 Å². The molecule has 0 radical (unpaired) electrons. The fourth-order valence-corrected chi connectivity index (χ4v) is 1.65. The van der Waals surface area contributed by atoms with Gasteiger partial charge in [0.2, 0.25) is 5.88 Å². The molecular formula is C9H6Cl2N2O. The van der Waals surface area contributed by atoms with E-state index in [0.717, 1.165) is 5.56 Å². The third-order valence-electron chi connectivity index (χ3n) is 1.77. The van der Waals surface area contributed by atoms with Crippen molar-refractivity contribution in [3.05, 3.63) is 34.3 Å². The Morgan fingerprint density at radius 1 is 1.21 bits per heavy atom. The third kappa shape index (κ3) is 1.69. The molecule has 0 atom stereocenters. The molecule has 2 rings (SSSR count). The highest BCUT2D eigenvalue weighted by atomic mass is 35.5. The molecule has 3 nitrogen and oxygen atoms in total. The number of hydrogen-bond acceptors (Lipinski definition) is 2. The maximum Gasteiger partial charge on any atom is 0.207 e. The van der Waals surface area contributed by atoms with Gasteiger partial charge in [-0.05, 0) is 18.2 Å². The van der Waals surface area contributed by atoms with Crippen LogP contribution < -0.4 is 0 Å². The Morgan fingerprint density at radius 2 is 2.00 bits per heavy atom. The average Bonchev–Trinajstić information content (AvgIpc) is 2.51. The monoisotopic (exact) mass is 228 g/mol. The summed E-state index contributed by atoms with van der Waals surface area (Å²) in [5, 5.41) is 16.4. The van der Waals surface area contributed by atoms with E-state index in [1.807, 2.05) is 0 Å². The van der Waals surface area contributed by atoms with Crippen molar-refractivity contribution >= 4 is 23.2 Å². The molecule has 2 N–H and O–H groups in total. The van der Waals surface area contributed by atoms with Gasteiger partial charge >= 0.3 is 0 Å². The maximum atomic E-state index is 9.07. The van der Waals surface area contributed by atoms with E-state index in [1.54, 1.807) is 18.2 Å². The minimum absolute atomic E-state index is 0.00557. The Labute approximate surface area is 90.3 Å². The highest BCUT2D eigenvalue weighted by Gasteiger charge is 2.07. The van der Waals surface area contributed by atoms with Crippen LogP contribution in [0.5, 0.6) is 5.88 Å². The Balaban J connectivity index is 2.52. The second-order valence-electron chi connectivity index (χ2n) is 2.76. The molecule has 0 unspecified atom stereocenters. The minimum Gasteiger partial charge on any atom is -0.494 e. The number of nitrogens with one attached hydrogen (secondary N) is 1. The number of aromatic amines is 1. The Morgan fingerprint density at radius 3 is 2.57 bits per heavy atom. The second-order valence-corrected chi connectivity index (χ2v) is 3.61. The van der Waals surface area contributed by atoms with Crippen LogP contribution in [-0.2, 0) is 0 Å². The summed E-state index contributed by atoms with van der Waals surface area (Å²) in [5.74, 6) is 0.00557. The highest BCUT2D eigenvalue weighted by Crippen LogP contribution is 2.30. The average molecular weight is 229 g/mol. The van der Waals surface area contributed by atoms with Crippen molar-refractivity contribution in [2.24, 2.45) is 0 Å². The van der Waals surface area contributed by atoms with Crippen molar-refractivity contribution in [1.82, 2.24) is 10.2 Å². The molecule has 0 aliphatic carbocycles. The maximum absolute atomic E-state index is 9.07. The predicted octanol–water partition coefficient (Wildman–Crippen LogP) is 3.09. The number of benzene rings is 1. The van der Waals surface area contributed by atoms with Crippen LogP contribution >= 0.6 is 23.2 Å². The molecular weight excluding hydrogens is 223 g/mol. The lowest BCUT2D eigenvalue weighted by atomic mass is 10.1. The zero-order valence-electron chi connectivity index (χ0n) is 6.96. The van der Waals surface area contributed by atoms with Gasteiger partial charge in [0.1, 0.15) is 0 Å². The van der Waals surface area contributed by atoms with Gasteiger partial charge in [-0.1, -0.05) is 23.2 Å². The van der Waals surface area contributed by atoms with Crippen molar-refractivity contribution in [2.75, 3.05) is 0 Å². The van der Waals surface area contributed by atoms with E-state index in [4.69, 9.17) is 28.3 Å². The van der Waals surface area contributed by atoms with E-state index in [0.29, 0.717) is 15.7 Å². The van der Waals surface area contributed by atoms with Gasteiger partial charge in [-0.2, -0.15) is 5.10 Å². The van der Waals surface area contributed by atoms with Gasteiger partial charge in [-0.15, -0.1) is 0 Å². The topological polar surface area (TPSA) is 48.9 Å². The van der Waals surface area contributed by atoms with Crippen LogP contribution in [-0.4, -0.2) is 15.3 Å². The fourth-order valence-electron chi connectivity index (χ4n) is 1.15. The molecule has 14 heavy (non-hydrogen) atoms. The van der Waals surface area contributed by atoms with E-state index in [1.165, 1.54) is 6.07 Å². The van der Waals surface area contributed by atoms with E-state index in [9.17, 15) is 0 Å². The number of halogens is 2. The summed E-state index contributed by atoms with van der Waals surface area (Å²) in [6.45, 7) is 0. The number of rotatable bonds is 1. The quantitative estimate of drug-likeness (QED) is 0.789. The van der Waals surface area contributed by atoms with Gasteiger partial charge in [0.25, 0.3) is 0 Å². The van der Waals surface area contributed by atoms with Crippen molar-refractivity contribution in [2.45, 2.75) is 0 Å². The summed E-state index contributed by atoms with van der Waals surface area (Å²) in [6, 6.07) is 6.59. The van der Waals surface area contributed by atoms with Gasteiger partial charge in [0.05, 0.1) is 10.7 Å². The molecule has 0 bridgehead atoms. The molecule has 1 aromatic heterocycles. The van der Waals surface area contributed by atoms with Crippen LogP contribution in [0.1, 0.15) is 0 Å². The van der Waals surface area contributed by atoms with Crippen LogP contribution in [0.15, 0.2) is 24.3 Å². The van der Waals surface area contributed by atoms with Crippen LogP contribution in [0, 0.1) is 0 Å². The predicted molar refractivity (Wildman–Crippen MR) is 55.7 cm³/mol. The summed E-state index contributed by atoms with van der Waals surface area (Å²) >= 11 is 11.7. The van der Waals surface area contributed by atoms with Crippen molar-refractivity contribution < 1.29 is 5.11 Å². The molecule has 0 aliphatic rings. The smallest absolute Gasteiger partial charge is 0.207 e. The zero-order valence-corrected chi connectivity index (χ0v) is 8.47. The third-order valence-corrected chi connectivity index (χ3v) is 2.32. The van der Waals surface area contributed by atoms with E-state index in [2.05, 4.69) is 10.2 Å². The first-order valence-electron chi connectivity index (χ1n) is 3.86. The fraction of sp³-hybridized carbons (Fsp3) is 0. The molecule has 72 valence electrons. The molecule has 1 heterocycles. The lowest BCUT2D eigenvalue weighted by molar-refractivity contribution is 0.452. The Hall–Kier alpha value is -1.19. The van der Waals surface area contributed by atoms with Crippen LogP contribution in [0.2, 0.25) is 10.0 Å². The summed E-state index contributed by atoms with van der Waals surface area (Å²) in [4.78, 5) is 0. The number of H-pyrrole nitrogens is 1. The molecule has 0 saturated heterocycles. The lowest BCUT2D eigenvalue weighted by Crippen LogP contribution is -1.79. The largest absolute Gasteiger partial charge is 0.494 e. The summed E-state index contributed by atoms with van der Waals surface area (Å²) in [7, 11) is 0. The molecule has 2 aromatic rings. The van der Waals surface area contributed by atoms with Gasteiger partial charge in [-0.25, -0.2) is 5.10 Å². The second kappa shape index (κ2) is 3.52. The standard InChI is InChI=1S/C9H6Cl2N2O/c10-5-1-2-6(7(11)3-5)8-4-9(14)13-12-8/h1-4H,(H2,12,13,14). The minimum atomic E-state index is 0.00557. The zero-order chi connectivity index (χ0) is 10.1. The molecule has 0 amide bonds. The highest BCUT2D eigenvalue weighted by molar-refractivity contribution is 6.36. The van der Waals surface area contributed by atoms with Gasteiger partial charge < -0.3 is 5.11 Å². The lowest BCUT2D eigenvalue weighted by Gasteiger charge is -1.99.